The maximum atomic E-state index is 13.4. The Hall–Kier alpha value is -3.07. The van der Waals surface area contributed by atoms with Gasteiger partial charge in [0.1, 0.15) is 24.0 Å². The van der Waals surface area contributed by atoms with Crippen LogP contribution in [-0.4, -0.2) is 17.7 Å². The van der Waals surface area contributed by atoms with Gasteiger partial charge in [0, 0.05) is 12.1 Å². The Bertz CT molecular complexity index is 728. The number of halogens is 2. The summed E-state index contributed by atoms with van der Waals surface area (Å²) in [5.74, 6) is 2.20. The number of amides is 1. The van der Waals surface area contributed by atoms with E-state index < -0.39 is 29.0 Å². The molecular weight excluding hydrogens is 304 g/mol. The molecule has 0 spiro atoms. The van der Waals surface area contributed by atoms with Crippen molar-refractivity contribution in [3.63, 3.8) is 0 Å². The Balaban J connectivity index is 1.83. The molecule has 4 nitrogen and oxygen atoms in total. The highest BCUT2D eigenvalue weighted by Crippen LogP contribution is 2.18. The maximum Gasteiger partial charge on any atom is 0.408 e. The Morgan fingerprint density at radius 2 is 1.83 bits per heavy atom. The molecule has 0 aliphatic rings. The number of nitrogens with one attached hydrogen (secondary N) is 1. The first-order valence-corrected chi connectivity index (χ1v) is 6.67. The van der Waals surface area contributed by atoms with Gasteiger partial charge in [0.2, 0.25) is 0 Å². The summed E-state index contributed by atoms with van der Waals surface area (Å²) in [7, 11) is 0. The predicted molar refractivity (Wildman–Crippen MR) is 79.5 cm³/mol. The van der Waals surface area contributed by atoms with E-state index in [0.717, 1.165) is 17.7 Å². The number of hydrogen-bond acceptors (Lipinski definition) is 3. The third kappa shape index (κ3) is 5.00. The van der Waals surface area contributed by atoms with Gasteiger partial charge in [-0.3, -0.25) is 0 Å². The zero-order chi connectivity index (χ0) is 16.7. The van der Waals surface area contributed by atoms with Crippen LogP contribution in [-0.2, 0) is 11.3 Å². The molecule has 0 heterocycles. The van der Waals surface area contributed by atoms with E-state index in [9.17, 15) is 13.6 Å². The minimum atomic E-state index is -0.971. The van der Waals surface area contributed by atoms with E-state index in [0.29, 0.717) is 0 Å². The molecule has 1 amide bonds. The summed E-state index contributed by atoms with van der Waals surface area (Å²) in [6, 6.07) is 10.6. The molecule has 0 fully saturated rings. The van der Waals surface area contributed by atoms with Gasteiger partial charge in [0.25, 0.3) is 0 Å². The van der Waals surface area contributed by atoms with Gasteiger partial charge in [0.05, 0.1) is 12.1 Å². The van der Waals surface area contributed by atoms with E-state index >= 15 is 0 Å². The lowest BCUT2D eigenvalue weighted by Crippen LogP contribution is -2.24. The second-order valence-corrected chi connectivity index (χ2v) is 4.50. The summed E-state index contributed by atoms with van der Waals surface area (Å²) in [6.07, 6.45) is -0.685. The van der Waals surface area contributed by atoms with Gasteiger partial charge < -0.3 is 15.2 Å². The van der Waals surface area contributed by atoms with Crippen molar-refractivity contribution in [2.24, 2.45) is 0 Å². The van der Waals surface area contributed by atoms with Crippen LogP contribution in [0.25, 0.3) is 0 Å². The Morgan fingerprint density at radius 1 is 1.17 bits per heavy atom. The summed E-state index contributed by atoms with van der Waals surface area (Å²) in [6.45, 7) is -0.0191. The van der Waals surface area contributed by atoms with E-state index in [2.05, 4.69) is 17.2 Å². The monoisotopic (exact) mass is 317 g/mol. The first-order chi connectivity index (χ1) is 11.1. The molecule has 0 aliphatic carbocycles. The van der Waals surface area contributed by atoms with Crippen molar-refractivity contribution in [1.82, 2.24) is 5.32 Å². The zero-order valence-corrected chi connectivity index (χ0v) is 12.0. The number of hydrogen-bond donors (Lipinski definition) is 2. The number of phenolic OH excluding ortho intramolecular Hbond substituents is 1. The fourth-order valence-electron chi connectivity index (χ4n) is 1.70. The molecule has 0 aliphatic heterocycles. The van der Waals surface area contributed by atoms with Crippen LogP contribution in [0.15, 0.2) is 42.5 Å². The first-order valence-electron chi connectivity index (χ1n) is 6.67. The van der Waals surface area contributed by atoms with E-state index in [1.807, 2.05) is 30.3 Å². The third-order valence-electron chi connectivity index (χ3n) is 2.77. The van der Waals surface area contributed by atoms with Crippen molar-refractivity contribution in [2.45, 2.75) is 6.61 Å². The number of alkyl carbamates (subject to hydrolysis) is 1. The Kier molecular flexibility index (Phi) is 5.53. The number of ether oxygens (including phenoxy) is 1. The second kappa shape index (κ2) is 7.80. The number of carbonyl (C=O) groups excluding carboxylic acids is 1. The lowest BCUT2D eigenvalue weighted by molar-refractivity contribution is 0.141. The van der Waals surface area contributed by atoms with Crippen molar-refractivity contribution in [1.29, 1.82) is 0 Å². The molecule has 0 atom stereocenters. The van der Waals surface area contributed by atoms with Crippen LogP contribution in [0, 0.1) is 23.5 Å². The van der Waals surface area contributed by atoms with Gasteiger partial charge in [0.15, 0.2) is 0 Å². The minimum Gasteiger partial charge on any atom is -0.508 e. The van der Waals surface area contributed by atoms with Crippen molar-refractivity contribution in [2.75, 3.05) is 6.54 Å². The van der Waals surface area contributed by atoms with Crippen LogP contribution in [0.1, 0.15) is 11.1 Å². The fourth-order valence-corrected chi connectivity index (χ4v) is 1.70. The number of benzene rings is 2. The SMILES string of the molecule is O=C(NCC#Cc1c(F)cc(O)cc1F)OCc1ccccc1. The van der Waals surface area contributed by atoms with Gasteiger partial charge in [-0.05, 0) is 5.56 Å². The molecule has 2 N–H and O–H groups in total. The lowest BCUT2D eigenvalue weighted by atomic mass is 10.2. The fraction of sp³-hybridized carbons (Fsp3) is 0.118. The molecule has 0 unspecified atom stereocenters. The summed E-state index contributed by atoms with van der Waals surface area (Å²) in [5, 5.41) is 11.4. The molecule has 6 heteroatoms. The third-order valence-corrected chi connectivity index (χ3v) is 2.77. The summed E-state index contributed by atoms with van der Waals surface area (Å²) in [4.78, 5) is 11.4. The molecular formula is C17H13F2NO3. The van der Waals surface area contributed by atoms with Gasteiger partial charge in [-0.15, -0.1) is 0 Å². The van der Waals surface area contributed by atoms with Crippen LogP contribution in [0.3, 0.4) is 0 Å². The predicted octanol–water partition coefficient (Wildman–Crippen LogP) is 2.95. The van der Waals surface area contributed by atoms with Crippen molar-refractivity contribution in [3.8, 4) is 17.6 Å². The van der Waals surface area contributed by atoms with Crippen LogP contribution in [0.4, 0.5) is 13.6 Å². The van der Waals surface area contributed by atoms with E-state index in [1.54, 1.807) is 0 Å². The summed E-state index contributed by atoms with van der Waals surface area (Å²) in [5.41, 5.74) is 0.365. The highest BCUT2D eigenvalue weighted by molar-refractivity contribution is 5.67. The normalized spacial score (nSPS) is 9.65. The van der Waals surface area contributed by atoms with Crippen LogP contribution in [0.5, 0.6) is 5.75 Å². The molecule has 0 radical (unpaired) electrons. The van der Waals surface area contributed by atoms with E-state index in [4.69, 9.17) is 9.84 Å². The maximum absolute atomic E-state index is 13.4. The molecule has 2 rings (SSSR count). The Labute approximate surface area is 131 Å². The molecule has 2 aromatic rings. The van der Waals surface area contributed by atoms with Gasteiger partial charge >= 0.3 is 6.09 Å². The Morgan fingerprint density at radius 3 is 2.48 bits per heavy atom. The van der Waals surface area contributed by atoms with Gasteiger partial charge in [-0.25, -0.2) is 13.6 Å². The number of carbonyl (C=O) groups is 1. The minimum absolute atomic E-state index is 0.112. The largest absolute Gasteiger partial charge is 0.508 e. The molecule has 0 saturated heterocycles. The summed E-state index contributed by atoms with van der Waals surface area (Å²) < 4.78 is 31.7. The highest BCUT2D eigenvalue weighted by Gasteiger charge is 2.08. The number of aromatic hydroxyl groups is 1. The smallest absolute Gasteiger partial charge is 0.408 e. The molecule has 2 aromatic carbocycles. The molecule has 0 aromatic heterocycles. The van der Waals surface area contributed by atoms with Crippen molar-refractivity contribution < 1.29 is 23.4 Å². The second-order valence-electron chi connectivity index (χ2n) is 4.50. The van der Waals surface area contributed by atoms with Gasteiger partial charge in [-0.2, -0.15) is 0 Å². The molecule has 23 heavy (non-hydrogen) atoms. The standard InChI is InChI=1S/C17H13F2NO3/c18-15-9-13(21)10-16(19)14(15)7-4-8-20-17(22)23-11-12-5-2-1-3-6-12/h1-3,5-6,9-10,21H,8,11H2,(H,20,22). The number of rotatable bonds is 3. The number of phenols is 1. The van der Waals surface area contributed by atoms with Crippen LogP contribution < -0.4 is 5.32 Å². The average Bonchev–Trinajstić information content (AvgIpc) is 2.52. The molecule has 118 valence electrons. The molecule has 0 saturated carbocycles. The quantitative estimate of drug-likeness (QED) is 0.856. The van der Waals surface area contributed by atoms with E-state index in [-0.39, 0.29) is 13.2 Å². The van der Waals surface area contributed by atoms with Crippen LogP contribution in [0.2, 0.25) is 0 Å². The topological polar surface area (TPSA) is 58.6 Å². The average molecular weight is 317 g/mol. The molecule has 0 bridgehead atoms. The first kappa shape index (κ1) is 16.3. The lowest BCUT2D eigenvalue weighted by Gasteiger charge is -2.04. The van der Waals surface area contributed by atoms with Crippen molar-refractivity contribution in [3.05, 3.63) is 65.2 Å². The summed E-state index contributed by atoms with van der Waals surface area (Å²) >= 11 is 0. The van der Waals surface area contributed by atoms with Crippen LogP contribution >= 0.6 is 0 Å². The highest BCUT2D eigenvalue weighted by atomic mass is 19.1. The van der Waals surface area contributed by atoms with Gasteiger partial charge in [-0.1, -0.05) is 42.2 Å². The van der Waals surface area contributed by atoms with Crippen molar-refractivity contribution >= 4 is 6.09 Å². The van der Waals surface area contributed by atoms with E-state index in [1.165, 1.54) is 0 Å². The zero-order valence-electron chi connectivity index (χ0n) is 12.0.